The van der Waals surface area contributed by atoms with Gasteiger partial charge in [0.2, 0.25) is 5.91 Å². The molecule has 0 bridgehead atoms. The highest BCUT2D eigenvalue weighted by atomic mass is 16.5. The molecule has 1 fully saturated rings. The summed E-state index contributed by atoms with van der Waals surface area (Å²) in [6.45, 7) is 2.06. The van der Waals surface area contributed by atoms with E-state index in [0.717, 1.165) is 22.3 Å². The number of amides is 2. The summed E-state index contributed by atoms with van der Waals surface area (Å²) in [7, 11) is 0. The lowest BCUT2D eigenvalue weighted by molar-refractivity contribution is -0.141. The number of benzene rings is 2. The number of ether oxygens (including phenoxy) is 2. The van der Waals surface area contributed by atoms with Gasteiger partial charge in [-0.05, 0) is 22.3 Å². The molecule has 3 atom stereocenters. The molecule has 8 nitrogen and oxygen atoms in total. The van der Waals surface area contributed by atoms with Crippen LogP contribution in [0, 0.1) is 11.8 Å². The molecule has 0 saturated carbocycles. The van der Waals surface area contributed by atoms with E-state index < -0.39 is 29.9 Å². The van der Waals surface area contributed by atoms with Crippen molar-refractivity contribution in [3.8, 4) is 11.1 Å². The van der Waals surface area contributed by atoms with Gasteiger partial charge in [0.25, 0.3) is 0 Å². The standard InChI is InChI=1S/C24H26N2O6/c1-14(23(28)29)10-25-22(27)20-11-31-13-21(20)26-24(30)32-12-19-17-8-4-2-6-15(17)16-7-3-5-9-18(16)19/h2-9,14,19-21H,10-13H2,1H3,(H,25,27)(H,26,30)(H,28,29). The average molecular weight is 438 g/mol. The van der Waals surface area contributed by atoms with Gasteiger partial charge in [-0.25, -0.2) is 4.79 Å². The normalized spacial score (nSPS) is 20.2. The Hall–Kier alpha value is -3.39. The number of hydrogen-bond donors (Lipinski definition) is 3. The second-order valence-electron chi connectivity index (χ2n) is 8.20. The van der Waals surface area contributed by atoms with Crippen LogP contribution in [0.4, 0.5) is 4.79 Å². The maximum Gasteiger partial charge on any atom is 0.407 e. The summed E-state index contributed by atoms with van der Waals surface area (Å²) in [6, 6.07) is 15.6. The molecular weight excluding hydrogens is 412 g/mol. The van der Waals surface area contributed by atoms with Gasteiger partial charge in [0, 0.05) is 12.5 Å². The van der Waals surface area contributed by atoms with Crippen LogP contribution in [0.3, 0.4) is 0 Å². The Balaban J connectivity index is 1.34. The van der Waals surface area contributed by atoms with E-state index >= 15 is 0 Å². The lowest BCUT2D eigenvalue weighted by atomic mass is 9.98. The predicted molar refractivity (Wildman–Crippen MR) is 116 cm³/mol. The molecule has 2 amide bonds. The highest BCUT2D eigenvalue weighted by Gasteiger charge is 2.36. The number of rotatable bonds is 7. The summed E-state index contributed by atoms with van der Waals surface area (Å²) in [5.74, 6) is -2.68. The third-order valence-corrected chi connectivity index (χ3v) is 6.07. The molecule has 2 aromatic carbocycles. The number of carboxylic acids is 1. The largest absolute Gasteiger partial charge is 0.481 e. The fraction of sp³-hybridized carbons (Fsp3) is 0.375. The molecule has 2 aliphatic rings. The minimum atomic E-state index is -0.985. The Kier molecular flexibility index (Phi) is 6.41. The van der Waals surface area contributed by atoms with Crippen LogP contribution in [0.25, 0.3) is 11.1 Å². The number of fused-ring (bicyclic) bond motifs is 3. The van der Waals surface area contributed by atoms with E-state index in [9.17, 15) is 14.4 Å². The van der Waals surface area contributed by atoms with Gasteiger partial charge in [0.05, 0.1) is 31.1 Å². The van der Waals surface area contributed by atoms with Gasteiger partial charge >= 0.3 is 12.1 Å². The Morgan fingerprint density at radius 2 is 1.69 bits per heavy atom. The van der Waals surface area contributed by atoms with Crippen molar-refractivity contribution in [1.29, 1.82) is 0 Å². The van der Waals surface area contributed by atoms with Crippen LogP contribution in [-0.2, 0) is 19.1 Å². The molecule has 2 aromatic rings. The summed E-state index contributed by atoms with van der Waals surface area (Å²) in [5, 5.41) is 14.3. The number of carbonyl (C=O) groups excluding carboxylic acids is 2. The van der Waals surface area contributed by atoms with Gasteiger partial charge in [-0.15, -0.1) is 0 Å². The van der Waals surface area contributed by atoms with E-state index in [1.54, 1.807) is 0 Å². The Labute approximate surface area is 185 Å². The predicted octanol–water partition coefficient (Wildman–Crippen LogP) is 2.38. The molecule has 1 aliphatic heterocycles. The number of alkyl carbamates (subject to hydrolysis) is 1. The zero-order valence-electron chi connectivity index (χ0n) is 17.7. The molecule has 0 radical (unpaired) electrons. The fourth-order valence-electron chi connectivity index (χ4n) is 4.22. The first-order valence-electron chi connectivity index (χ1n) is 10.7. The Morgan fingerprint density at radius 3 is 2.31 bits per heavy atom. The van der Waals surface area contributed by atoms with Crippen LogP contribution in [-0.4, -0.2) is 55.5 Å². The van der Waals surface area contributed by atoms with Gasteiger partial charge in [-0.2, -0.15) is 0 Å². The first kappa shape index (κ1) is 21.8. The molecular formula is C24H26N2O6. The molecule has 4 rings (SSSR count). The molecule has 0 spiro atoms. The van der Waals surface area contributed by atoms with Crippen LogP contribution < -0.4 is 10.6 Å². The second kappa shape index (κ2) is 9.40. The molecule has 32 heavy (non-hydrogen) atoms. The molecule has 0 aromatic heterocycles. The molecule has 8 heteroatoms. The van der Waals surface area contributed by atoms with Crippen molar-refractivity contribution >= 4 is 18.0 Å². The van der Waals surface area contributed by atoms with E-state index in [0.29, 0.717) is 0 Å². The number of aliphatic carboxylic acids is 1. The summed E-state index contributed by atoms with van der Waals surface area (Å²) in [6.07, 6.45) is -0.612. The van der Waals surface area contributed by atoms with Crippen LogP contribution in [0.2, 0.25) is 0 Å². The quantitative estimate of drug-likeness (QED) is 0.612. The molecule has 1 aliphatic carbocycles. The van der Waals surface area contributed by atoms with Gasteiger partial charge in [0.15, 0.2) is 0 Å². The zero-order chi connectivity index (χ0) is 22.7. The van der Waals surface area contributed by atoms with Gasteiger partial charge in [-0.3, -0.25) is 9.59 Å². The lowest BCUT2D eigenvalue weighted by Crippen LogP contribution is -2.47. The molecule has 3 N–H and O–H groups in total. The van der Waals surface area contributed by atoms with Crippen molar-refractivity contribution in [2.24, 2.45) is 11.8 Å². The highest BCUT2D eigenvalue weighted by molar-refractivity contribution is 5.82. The van der Waals surface area contributed by atoms with Crippen molar-refractivity contribution < 1.29 is 29.0 Å². The van der Waals surface area contributed by atoms with Crippen molar-refractivity contribution in [1.82, 2.24) is 10.6 Å². The minimum Gasteiger partial charge on any atom is -0.481 e. The van der Waals surface area contributed by atoms with E-state index in [-0.39, 0.29) is 38.2 Å². The summed E-state index contributed by atoms with van der Waals surface area (Å²) in [5.41, 5.74) is 4.54. The maximum atomic E-state index is 12.5. The van der Waals surface area contributed by atoms with Crippen molar-refractivity contribution in [3.63, 3.8) is 0 Å². The number of carbonyl (C=O) groups is 3. The van der Waals surface area contributed by atoms with Gasteiger partial charge in [0.1, 0.15) is 6.61 Å². The number of nitrogens with one attached hydrogen (secondary N) is 2. The van der Waals surface area contributed by atoms with Crippen molar-refractivity contribution in [3.05, 3.63) is 59.7 Å². The lowest BCUT2D eigenvalue weighted by Gasteiger charge is -2.20. The van der Waals surface area contributed by atoms with Gasteiger partial charge in [-0.1, -0.05) is 55.5 Å². The fourth-order valence-corrected chi connectivity index (χ4v) is 4.22. The minimum absolute atomic E-state index is 0.0162. The Morgan fingerprint density at radius 1 is 1.06 bits per heavy atom. The molecule has 168 valence electrons. The second-order valence-corrected chi connectivity index (χ2v) is 8.20. The SMILES string of the molecule is CC(CNC(=O)C1COCC1NC(=O)OCC1c2ccccc2-c2ccccc21)C(=O)O. The summed E-state index contributed by atoms with van der Waals surface area (Å²) < 4.78 is 10.9. The molecule has 1 heterocycles. The van der Waals surface area contributed by atoms with E-state index in [1.165, 1.54) is 6.92 Å². The maximum absolute atomic E-state index is 12.5. The van der Waals surface area contributed by atoms with Crippen LogP contribution in [0.15, 0.2) is 48.5 Å². The monoisotopic (exact) mass is 438 g/mol. The van der Waals surface area contributed by atoms with Gasteiger partial charge < -0.3 is 25.2 Å². The Bertz CT molecular complexity index is 978. The third-order valence-electron chi connectivity index (χ3n) is 6.07. The highest BCUT2D eigenvalue weighted by Crippen LogP contribution is 2.44. The first-order chi connectivity index (χ1) is 15.5. The number of carboxylic acid groups (broad SMARTS) is 1. The van der Waals surface area contributed by atoms with Crippen molar-refractivity contribution in [2.45, 2.75) is 18.9 Å². The van der Waals surface area contributed by atoms with E-state index in [4.69, 9.17) is 14.6 Å². The first-order valence-corrected chi connectivity index (χ1v) is 10.7. The van der Waals surface area contributed by atoms with E-state index in [2.05, 4.69) is 22.8 Å². The number of hydrogen-bond acceptors (Lipinski definition) is 5. The van der Waals surface area contributed by atoms with Crippen LogP contribution in [0.1, 0.15) is 24.0 Å². The van der Waals surface area contributed by atoms with Crippen LogP contribution in [0.5, 0.6) is 0 Å². The van der Waals surface area contributed by atoms with Crippen molar-refractivity contribution in [2.75, 3.05) is 26.4 Å². The molecule has 1 saturated heterocycles. The summed E-state index contributed by atoms with van der Waals surface area (Å²) in [4.78, 5) is 35.9. The smallest absolute Gasteiger partial charge is 0.407 e. The van der Waals surface area contributed by atoms with E-state index in [1.807, 2.05) is 36.4 Å². The zero-order valence-corrected chi connectivity index (χ0v) is 17.7. The van der Waals surface area contributed by atoms with Crippen LogP contribution >= 0.6 is 0 Å². The molecule has 3 unspecified atom stereocenters. The average Bonchev–Trinajstić information content (AvgIpc) is 3.38. The topological polar surface area (TPSA) is 114 Å². The third kappa shape index (κ3) is 4.45. The summed E-state index contributed by atoms with van der Waals surface area (Å²) >= 11 is 0.